The Morgan fingerprint density at radius 3 is 2.24 bits per heavy atom. The fraction of sp³-hybridized carbons (Fsp3) is 0.407. The van der Waals surface area contributed by atoms with Crippen LogP contribution in [0.15, 0.2) is 97.5 Å². The van der Waals surface area contributed by atoms with Crippen molar-refractivity contribution in [3.05, 3.63) is 97.5 Å². The minimum absolute atomic E-state index is 0.512. The van der Waals surface area contributed by atoms with Gasteiger partial charge in [-0.05, 0) is 78.4 Å². The molecular weight excluding hydrogens is 352 g/mol. The Hall–Kier alpha value is -2.48. The molecule has 0 bridgehead atoms. The van der Waals surface area contributed by atoms with Gasteiger partial charge in [0.25, 0.3) is 0 Å². The summed E-state index contributed by atoms with van der Waals surface area (Å²) >= 11 is 0. The maximum Gasteiger partial charge on any atom is 0.0555 e. The van der Waals surface area contributed by atoms with Crippen LogP contribution in [0, 0.1) is 5.92 Å². The average Bonchev–Trinajstić information content (AvgIpc) is 3.17. The SMILES string of the molecule is C=CC(=C)C(=C)CCN1CCCC2CCC3C(=C21)C=CN3CCC(=C)C(=C)C=C. The standard InChI is InChI=1S/C27H36N2/c1-7-20(3)22(5)13-17-28-19-15-25-26(28)12-11-24-10-9-16-29(27(24)25)18-14-23(6)21(4)8-2/h7-8,15,19,24,26H,1-6,9-14,16-18H2. The van der Waals surface area contributed by atoms with Crippen LogP contribution < -0.4 is 0 Å². The van der Waals surface area contributed by atoms with E-state index in [4.69, 9.17) is 0 Å². The molecule has 29 heavy (non-hydrogen) atoms. The molecule has 0 spiro atoms. The molecule has 0 aromatic rings. The smallest absolute Gasteiger partial charge is 0.0555 e. The quantitative estimate of drug-likeness (QED) is 0.404. The first-order valence-electron chi connectivity index (χ1n) is 10.9. The summed E-state index contributed by atoms with van der Waals surface area (Å²) in [6.45, 7) is 27.2. The highest BCUT2D eigenvalue weighted by Gasteiger charge is 2.37. The molecule has 1 aliphatic carbocycles. The van der Waals surface area contributed by atoms with E-state index in [0.29, 0.717) is 12.0 Å². The summed E-state index contributed by atoms with van der Waals surface area (Å²) in [5, 5.41) is 0. The van der Waals surface area contributed by atoms with Gasteiger partial charge in [0, 0.05) is 31.5 Å². The van der Waals surface area contributed by atoms with E-state index in [0.717, 1.165) is 54.8 Å². The van der Waals surface area contributed by atoms with Crippen LogP contribution >= 0.6 is 0 Å². The molecule has 0 radical (unpaired) electrons. The number of nitrogens with zero attached hydrogens (tertiary/aromatic N) is 2. The lowest BCUT2D eigenvalue weighted by molar-refractivity contribution is 0.195. The molecule has 0 amide bonds. The molecule has 1 saturated heterocycles. The molecule has 154 valence electrons. The zero-order valence-corrected chi connectivity index (χ0v) is 18.0. The third-order valence-corrected chi connectivity index (χ3v) is 6.75. The van der Waals surface area contributed by atoms with Gasteiger partial charge in [0.15, 0.2) is 0 Å². The van der Waals surface area contributed by atoms with Crippen LogP contribution in [-0.4, -0.2) is 35.5 Å². The van der Waals surface area contributed by atoms with E-state index in [1.54, 1.807) is 17.3 Å². The second-order valence-corrected chi connectivity index (χ2v) is 8.48. The van der Waals surface area contributed by atoms with Crippen LogP contribution in [0.25, 0.3) is 0 Å². The Kier molecular flexibility index (Phi) is 6.84. The van der Waals surface area contributed by atoms with Crippen molar-refractivity contribution in [2.45, 2.75) is 44.6 Å². The van der Waals surface area contributed by atoms with Gasteiger partial charge in [-0.3, -0.25) is 0 Å². The number of hydrogen-bond acceptors (Lipinski definition) is 2. The van der Waals surface area contributed by atoms with Crippen molar-refractivity contribution in [2.75, 3.05) is 19.6 Å². The van der Waals surface area contributed by atoms with E-state index < -0.39 is 0 Å². The highest BCUT2D eigenvalue weighted by Crippen LogP contribution is 2.43. The summed E-state index contributed by atoms with van der Waals surface area (Å²) in [6.07, 6.45) is 15.3. The van der Waals surface area contributed by atoms with Gasteiger partial charge < -0.3 is 9.80 Å². The summed E-state index contributed by atoms with van der Waals surface area (Å²) in [5.41, 5.74) is 7.24. The lowest BCUT2D eigenvalue weighted by Crippen LogP contribution is -2.41. The highest BCUT2D eigenvalue weighted by molar-refractivity contribution is 5.40. The number of likely N-dealkylation sites (tertiary alicyclic amines) is 1. The van der Waals surface area contributed by atoms with Crippen molar-refractivity contribution in [3.8, 4) is 0 Å². The summed E-state index contributed by atoms with van der Waals surface area (Å²) in [7, 11) is 0. The molecule has 3 aliphatic rings. The zero-order chi connectivity index (χ0) is 21.0. The third kappa shape index (κ3) is 4.58. The van der Waals surface area contributed by atoms with Crippen molar-refractivity contribution < 1.29 is 0 Å². The van der Waals surface area contributed by atoms with Gasteiger partial charge in [0.1, 0.15) is 0 Å². The fourth-order valence-electron chi connectivity index (χ4n) is 4.86. The van der Waals surface area contributed by atoms with Crippen molar-refractivity contribution in [3.63, 3.8) is 0 Å². The molecule has 1 fully saturated rings. The van der Waals surface area contributed by atoms with Gasteiger partial charge >= 0.3 is 0 Å². The number of piperidine rings is 1. The van der Waals surface area contributed by atoms with Gasteiger partial charge in [-0.15, -0.1) is 0 Å². The first-order valence-corrected chi connectivity index (χ1v) is 10.9. The van der Waals surface area contributed by atoms with Crippen molar-refractivity contribution in [2.24, 2.45) is 5.92 Å². The number of fused-ring (bicyclic) bond motifs is 2. The Bertz CT molecular complexity index is 791. The zero-order valence-electron chi connectivity index (χ0n) is 18.0. The Labute approximate surface area is 177 Å². The first-order chi connectivity index (χ1) is 14.0. The normalized spacial score (nSPS) is 22.8. The second-order valence-electron chi connectivity index (χ2n) is 8.48. The lowest BCUT2D eigenvalue weighted by Gasteiger charge is -2.44. The molecule has 3 rings (SSSR count). The highest BCUT2D eigenvalue weighted by atomic mass is 15.2. The van der Waals surface area contributed by atoms with Gasteiger partial charge in [-0.1, -0.05) is 51.6 Å². The van der Waals surface area contributed by atoms with Gasteiger partial charge in [0.05, 0.1) is 6.04 Å². The molecule has 0 aromatic heterocycles. The maximum absolute atomic E-state index is 4.20. The van der Waals surface area contributed by atoms with Crippen molar-refractivity contribution in [1.29, 1.82) is 0 Å². The topological polar surface area (TPSA) is 6.48 Å². The Morgan fingerprint density at radius 1 is 0.931 bits per heavy atom. The number of hydrogen-bond donors (Lipinski definition) is 0. The van der Waals surface area contributed by atoms with Gasteiger partial charge in [-0.25, -0.2) is 0 Å². The van der Waals surface area contributed by atoms with Gasteiger partial charge in [0.2, 0.25) is 0 Å². The van der Waals surface area contributed by atoms with E-state index in [-0.39, 0.29) is 0 Å². The molecule has 2 heterocycles. The van der Waals surface area contributed by atoms with E-state index >= 15 is 0 Å². The van der Waals surface area contributed by atoms with Crippen LogP contribution in [-0.2, 0) is 0 Å². The van der Waals surface area contributed by atoms with Crippen molar-refractivity contribution >= 4 is 0 Å². The van der Waals surface area contributed by atoms with Crippen LogP contribution in [0.2, 0.25) is 0 Å². The average molecular weight is 389 g/mol. The minimum Gasteiger partial charge on any atom is -0.374 e. The molecule has 2 aliphatic heterocycles. The molecule has 0 aromatic carbocycles. The molecule has 2 atom stereocenters. The molecule has 2 nitrogen and oxygen atoms in total. The lowest BCUT2D eigenvalue weighted by atomic mass is 9.79. The molecule has 2 heteroatoms. The van der Waals surface area contributed by atoms with E-state index in [1.165, 1.54) is 25.7 Å². The van der Waals surface area contributed by atoms with Crippen molar-refractivity contribution in [1.82, 2.24) is 9.80 Å². The number of rotatable bonds is 10. The second kappa shape index (κ2) is 9.35. The molecule has 0 saturated carbocycles. The minimum atomic E-state index is 0.512. The summed E-state index contributed by atoms with van der Waals surface area (Å²) < 4.78 is 0. The Balaban J connectivity index is 1.71. The van der Waals surface area contributed by atoms with E-state index in [9.17, 15) is 0 Å². The predicted molar refractivity (Wildman–Crippen MR) is 126 cm³/mol. The van der Waals surface area contributed by atoms with Gasteiger partial charge in [-0.2, -0.15) is 0 Å². The van der Waals surface area contributed by atoms with Crippen LogP contribution in [0.3, 0.4) is 0 Å². The summed E-state index contributed by atoms with van der Waals surface area (Å²) in [6, 6.07) is 0.512. The van der Waals surface area contributed by atoms with Crippen LogP contribution in [0.1, 0.15) is 38.5 Å². The summed E-state index contributed by atoms with van der Waals surface area (Å²) in [4.78, 5) is 5.13. The first kappa shape index (κ1) is 21.2. The van der Waals surface area contributed by atoms with Crippen LogP contribution in [0.4, 0.5) is 0 Å². The van der Waals surface area contributed by atoms with E-state index in [2.05, 4.69) is 61.5 Å². The molecular formula is C27H36N2. The molecule has 0 N–H and O–H groups in total. The predicted octanol–water partition coefficient (Wildman–Crippen LogP) is 6.32. The largest absolute Gasteiger partial charge is 0.374 e. The molecule has 2 unspecified atom stereocenters. The Morgan fingerprint density at radius 2 is 1.59 bits per heavy atom. The summed E-state index contributed by atoms with van der Waals surface area (Å²) in [5.74, 6) is 0.714. The number of allylic oxidation sites excluding steroid dienone is 5. The van der Waals surface area contributed by atoms with E-state index in [1.807, 2.05) is 6.08 Å². The van der Waals surface area contributed by atoms with Crippen LogP contribution in [0.5, 0.6) is 0 Å². The fourth-order valence-corrected chi connectivity index (χ4v) is 4.86. The third-order valence-electron chi connectivity index (χ3n) is 6.75. The maximum atomic E-state index is 4.20. The monoisotopic (exact) mass is 388 g/mol.